The fraction of sp³-hybridized carbons (Fsp3) is 0.150. The van der Waals surface area contributed by atoms with Gasteiger partial charge in [0, 0.05) is 35.9 Å². The molecule has 4 aromatic rings. The summed E-state index contributed by atoms with van der Waals surface area (Å²) in [6, 6.07) is 6.17. The molecule has 0 aliphatic rings. The van der Waals surface area contributed by atoms with E-state index in [1.165, 1.54) is 33.9 Å². The first-order valence-corrected chi connectivity index (χ1v) is 9.10. The van der Waals surface area contributed by atoms with E-state index >= 15 is 0 Å². The van der Waals surface area contributed by atoms with Crippen LogP contribution >= 0.6 is 0 Å². The number of nitrogens with zero attached hydrogens (tertiary/aromatic N) is 5. The summed E-state index contributed by atoms with van der Waals surface area (Å²) < 4.78 is 18.3. The lowest BCUT2D eigenvalue weighted by Crippen LogP contribution is -2.34. The molecule has 4 aromatic heterocycles. The number of halogens is 1. The Kier molecular flexibility index (Phi) is 5.07. The van der Waals surface area contributed by atoms with Gasteiger partial charge in [-0.3, -0.25) is 29.8 Å². The monoisotopic (exact) mass is 407 g/mol. The summed E-state index contributed by atoms with van der Waals surface area (Å²) in [6.07, 6.45) is 7.73. The summed E-state index contributed by atoms with van der Waals surface area (Å²) >= 11 is 0. The number of rotatable bonds is 5. The Balaban J connectivity index is 1.70. The molecule has 0 aliphatic carbocycles. The molecule has 0 saturated carbocycles. The van der Waals surface area contributed by atoms with Crippen LogP contribution in [0.2, 0.25) is 0 Å². The maximum Gasteiger partial charge on any atom is 0.260 e. The van der Waals surface area contributed by atoms with Crippen LogP contribution in [-0.4, -0.2) is 41.4 Å². The van der Waals surface area contributed by atoms with Crippen LogP contribution in [-0.2, 0) is 13.1 Å². The predicted octanol–water partition coefficient (Wildman–Crippen LogP) is 1.20. The predicted molar refractivity (Wildman–Crippen MR) is 108 cm³/mol. The van der Waals surface area contributed by atoms with E-state index in [0.29, 0.717) is 28.6 Å². The van der Waals surface area contributed by atoms with E-state index in [1.807, 2.05) is 0 Å². The van der Waals surface area contributed by atoms with Crippen molar-refractivity contribution in [2.45, 2.75) is 13.1 Å². The van der Waals surface area contributed by atoms with Crippen molar-refractivity contribution in [1.82, 2.24) is 23.9 Å². The number of aromatic nitrogens is 5. The topological polar surface area (TPSA) is 126 Å². The maximum atomic E-state index is 14.4. The van der Waals surface area contributed by atoms with Crippen molar-refractivity contribution < 1.29 is 9.50 Å². The van der Waals surface area contributed by atoms with Crippen LogP contribution in [0.25, 0.3) is 22.0 Å². The summed E-state index contributed by atoms with van der Waals surface area (Å²) in [6.45, 7) is 0.0727. The number of hydrogen-bond acceptors (Lipinski definition) is 6. The lowest BCUT2D eigenvalue weighted by atomic mass is 10.1. The van der Waals surface area contributed by atoms with Crippen LogP contribution in [0.1, 0.15) is 0 Å². The minimum atomic E-state index is -0.804. The van der Waals surface area contributed by atoms with Gasteiger partial charge in [0.2, 0.25) is 0 Å². The van der Waals surface area contributed by atoms with Crippen molar-refractivity contribution in [3.63, 3.8) is 0 Å². The highest BCUT2D eigenvalue weighted by Crippen LogP contribution is 2.18. The van der Waals surface area contributed by atoms with Crippen LogP contribution in [0, 0.1) is 16.6 Å². The Bertz CT molecular complexity index is 1370. The van der Waals surface area contributed by atoms with E-state index in [-0.39, 0.29) is 24.5 Å². The molecule has 0 fully saturated rings. The first-order chi connectivity index (χ1) is 14.5. The second-order valence-electron chi connectivity index (χ2n) is 6.64. The zero-order chi connectivity index (χ0) is 21.3. The second-order valence-corrected chi connectivity index (χ2v) is 6.64. The first-order valence-electron chi connectivity index (χ1n) is 9.10. The Morgan fingerprint density at radius 1 is 1.23 bits per heavy atom. The highest BCUT2D eigenvalue weighted by atomic mass is 19.1. The Labute approximate surface area is 169 Å². The van der Waals surface area contributed by atoms with Crippen LogP contribution in [0.3, 0.4) is 0 Å². The number of nitrogens with one attached hydrogen (secondary N) is 2. The van der Waals surface area contributed by atoms with Crippen molar-refractivity contribution in [1.29, 1.82) is 10.8 Å². The van der Waals surface area contributed by atoms with Crippen molar-refractivity contribution >= 4 is 16.7 Å². The standard InChI is InChI=1S/C20H18FN7O2/c21-16-8-13(14-9-25-27(10-14)6-7-29)11-28(19(16)23)18(22)12-26-5-3-17-15(20(26)30)2-1-4-24-17/h1-5,8-11,22-23,29H,6-7,12H2. The molecule has 4 rings (SSSR count). The molecule has 9 nitrogen and oxygen atoms in total. The van der Waals surface area contributed by atoms with Gasteiger partial charge >= 0.3 is 0 Å². The van der Waals surface area contributed by atoms with Crippen molar-refractivity contribution in [3.05, 3.63) is 76.9 Å². The van der Waals surface area contributed by atoms with E-state index in [2.05, 4.69) is 10.1 Å². The quantitative estimate of drug-likeness (QED) is 0.339. The SMILES string of the molecule is N=C(Cn1ccc2ncccc2c1=O)n1cc(-c2cnn(CCO)c2)cc(F)c1=N. The summed E-state index contributed by atoms with van der Waals surface area (Å²) in [5, 5.41) is 29.9. The molecule has 4 heterocycles. The van der Waals surface area contributed by atoms with Gasteiger partial charge in [-0.1, -0.05) is 0 Å². The molecule has 3 N–H and O–H groups in total. The zero-order valence-electron chi connectivity index (χ0n) is 15.8. The molecule has 0 amide bonds. The van der Waals surface area contributed by atoms with Crippen LogP contribution < -0.4 is 11.0 Å². The average Bonchev–Trinajstić information content (AvgIpc) is 3.21. The minimum absolute atomic E-state index is 0.0815. The smallest absolute Gasteiger partial charge is 0.260 e. The molecule has 30 heavy (non-hydrogen) atoms. The van der Waals surface area contributed by atoms with Gasteiger partial charge in [0.05, 0.1) is 36.8 Å². The fourth-order valence-corrected chi connectivity index (χ4v) is 3.15. The maximum absolute atomic E-state index is 14.4. The van der Waals surface area contributed by atoms with E-state index in [0.717, 1.165) is 4.57 Å². The molecule has 0 unspecified atom stereocenters. The Morgan fingerprint density at radius 2 is 2.07 bits per heavy atom. The molecule has 10 heteroatoms. The van der Waals surface area contributed by atoms with Crippen LogP contribution in [0.4, 0.5) is 4.39 Å². The molecule has 0 bridgehead atoms. The lowest BCUT2D eigenvalue weighted by Gasteiger charge is -2.13. The number of aliphatic hydroxyl groups is 1. The summed E-state index contributed by atoms with van der Waals surface area (Å²) in [5.74, 6) is -0.948. The first kappa shape index (κ1) is 19.4. The Hall–Kier alpha value is -3.92. The minimum Gasteiger partial charge on any atom is -0.394 e. The fourth-order valence-electron chi connectivity index (χ4n) is 3.15. The largest absolute Gasteiger partial charge is 0.394 e. The molecular weight excluding hydrogens is 389 g/mol. The molecule has 0 spiro atoms. The van der Waals surface area contributed by atoms with E-state index in [9.17, 15) is 9.18 Å². The number of hydrogen-bond donors (Lipinski definition) is 3. The van der Waals surface area contributed by atoms with Crippen molar-refractivity contribution in [3.8, 4) is 11.1 Å². The summed E-state index contributed by atoms with van der Waals surface area (Å²) in [4.78, 5) is 16.8. The highest BCUT2D eigenvalue weighted by molar-refractivity contribution is 5.83. The molecule has 0 atom stereocenters. The van der Waals surface area contributed by atoms with Gasteiger partial charge in [-0.25, -0.2) is 4.39 Å². The Morgan fingerprint density at radius 3 is 2.87 bits per heavy atom. The highest BCUT2D eigenvalue weighted by Gasteiger charge is 2.12. The van der Waals surface area contributed by atoms with E-state index in [1.54, 1.807) is 30.6 Å². The third-order valence-electron chi connectivity index (χ3n) is 4.67. The molecule has 0 aliphatic heterocycles. The zero-order valence-corrected chi connectivity index (χ0v) is 15.8. The van der Waals surface area contributed by atoms with Crippen molar-refractivity contribution in [2.75, 3.05) is 6.61 Å². The third kappa shape index (κ3) is 3.55. The molecule has 152 valence electrons. The molecule has 0 radical (unpaired) electrons. The van der Waals surface area contributed by atoms with Crippen LogP contribution in [0.5, 0.6) is 0 Å². The van der Waals surface area contributed by atoms with Gasteiger partial charge in [-0.2, -0.15) is 5.10 Å². The number of aliphatic hydroxyl groups excluding tert-OH is 1. The normalized spacial score (nSPS) is 11.1. The van der Waals surface area contributed by atoms with E-state index in [4.69, 9.17) is 15.9 Å². The van der Waals surface area contributed by atoms with Gasteiger partial charge in [-0.15, -0.1) is 0 Å². The lowest BCUT2D eigenvalue weighted by molar-refractivity contribution is 0.269. The number of pyridine rings is 3. The summed E-state index contributed by atoms with van der Waals surface area (Å²) in [5.41, 5.74) is 0.749. The van der Waals surface area contributed by atoms with Gasteiger partial charge in [0.1, 0.15) is 5.84 Å². The molecular formula is C20H18FN7O2. The summed E-state index contributed by atoms with van der Waals surface area (Å²) in [7, 11) is 0. The van der Waals surface area contributed by atoms with Gasteiger partial charge in [0.25, 0.3) is 5.56 Å². The van der Waals surface area contributed by atoms with Gasteiger partial charge in [0.15, 0.2) is 11.3 Å². The number of fused-ring (bicyclic) bond motifs is 1. The van der Waals surface area contributed by atoms with Gasteiger partial charge in [-0.05, 0) is 24.3 Å². The van der Waals surface area contributed by atoms with Gasteiger partial charge < -0.3 is 9.67 Å². The molecule has 0 aromatic carbocycles. The van der Waals surface area contributed by atoms with E-state index < -0.39 is 11.3 Å². The molecule has 0 saturated heterocycles. The second kappa shape index (κ2) is 7.84. The van der Waals surface area contributed by atoms with Crippen LogP contribution in [0.15, 0.2) is 60.0 Å². The third-order valence-corrected chi connectivity index (χ3v) is 4.67. The average molecular weight is 407 g/mol. The van der Waals surface area contributed by atoms with Crippen molar-refractivity contribution in [2.24, 2.45) is 0 Å².